The lowest BCUT2D eigenvalue weighted by Gasteiger charge is -2.43. The number of aliphatic hydroxyl groups is 2. The van der Waals surface area contributed by atoms with Crippen LogP contribution in [0.2, 0.25) is 0 Å². The van der Waals surface area contributed by atoms with Crippen LogP contribution in [0.15, 0.2) is 60.3 Å². The Balaban J connectivity index is 1.77. The van der Waals surface area contributed by atoms with Gasteiger partial charge in [-0.2, -0.15) is 0 Å². The molecular formula is C54H82N2O14. The van der Waals surface area contributed by atoms with Gasteiger partial charge in [0.2, 0.25) is 5.79 Å². The van der Waals surface area contributed by atoms with Crippen molar-refractivity contribution in [1.82, 2.24) is 4.90 Å². The number of hydrogen-bond acceptors (Lipinski definition) is 14. The molecule has 0 radical (unpaired) electrons. The molecule has 16 heteroatoms. The summed E-state index contributed by atoms with van der Waals surface area (Å²) in [5.74, 6) is -10.2. The first-order valence-electron chi connectivity index (χ1n) is 25.3. The molecule has 1 saturated carbocycles. The minimum Gasteiger partial charge on any atom is -0.481 e. The molecule has 70 heavy (non-hydrogen) atoms. The summed E-state index contributed by atoms with van der Waals surface area (Å²) in [6, 6.07) is -2.11. The first kappa shape index (κ1) is 58.4. The molecule has 0 aromatic carbocycles. The first-order chi connectivity index (χ1) is 33.2. The highest BCUT2D eigenvalue weighted by Gasteiger charge is 2.54. The summed E-state index contributed by atoms with van der Waals surface area (Å²) >= 11 is 0. The van der Waals surface area contributed by atoms with E-state index in [1.165, 1.54) is 20.3 Å². The molecule has 4 aliphatic rings. The lowest BCUT2D eigenvalue weighted by molar-refractivity contribution is -0.260. The molecule has 15 atom stereocenters. The number of aliphatic carboxylic acids is 1. The van der Waals surface area contributed by atoms with Gasteiger partial charge < -0.3 is 49.6 Å². The molecule has 1 amide bonds. The highest BCUT2D eigenvalue weighted by molar-refractivity contribution is 6.39. The number of ether oxygens (including phenoxy) is 5. The summed E-state index contributed by atoms with van der Waals surface area (Å²) in [7, 11) is 4.50. The van der Waals surface area contributed by atoms with E-state index in [0.717, 1.165) is 10.5 Å². The molecule has 0 spiro atoms. The molecule has 4 rings (SSSR count). The van der Waals surface area contributed by atoms with E-state index >= 15 is 0 Å². The second-order valence-electron chi connectivity index (χ2n) is 20.3. The van der Waals surface area contributed by atoms with Crippen LogP contribution in [0.25, 0.3) is 0 Å². The number of nitrogens with zero attached hydrogens (tertiary/aromatic N) is 1. The van der Waals surface area contributed by atoms with Crippen LogP contribution < -0.4 is 5.73 Å². The lowest BCUT2D eigenvalue weighted by atomic mass is 9.80. The van der Waals surface area contributed by atoms with Crippen molar-refractivity contribution >= 4 is 35.2 Å². The average molecular weight is 983 g/mol. The number of Topliss-reactive ketones (excluding diaryl/α,β-unsaturated/α-hetero) is 3. The maximum absolute atomic E-state index is 14.5. The Hall–Kier alpha value is -4.16. The average Bonchev–Trinajstić information content (AvgIpc) is 3.33. The maximum Gasteiger partial charge on any atom is 0.329 e. The van der Waals surface area contributed by atoms with Crippen LogP contribution in [-0.4, -0.2) is 138 Å². The van der Waals surface area contributed by atoms with Crippen molar-refractivity contribution in [3.05, 3.63) is 60.3 Å². The number of rotatable bonds is 10. The third-order valence-corrected chi connectivity index (χ3v) is 15.1. The number of ketones is 3. The molecule has 16 nitrogen and oxygen atoms in total. The summed E-state index contributed by atoms with van der Waals surface area (Å²) in [5.41, 5.74) is 8.33. The number of carboxylic acid groups (broad SMARTS) is 1. The van der Waals surface area contributed by atoms with Crippen LogP contribution in [0.1, 0.15) is 125 Å². The van der Waals surface area contributed by atoms with Gasteiger partial charge in [0, 0.05) is 76.9 Å². The predicted molar refractivity (Wildman–Crippen MR) is 263 cm³/mol. The standard InChI is InChI=1S/C54H82N2O14/c1-10-38-20-21-39-30-45(66-7)33(3)17-13-11-12-16-32(2)26-36(6)49(61)50(68-9)40(22-24-48(59)60)34(4)27-35(5)44(58)31-46(41(55)28-37-19-23-43(57)47(29-37)67-8)69-53(64)42-18-14-15-25-56(42)52(63)51(62)54(38,65)70-39/h10-13,16-17,27,32,35-43,45-47,50,57,65H,1,14-15,18-26,28-31,55H2,2-9H3,(H,59,60)/b13-11+,16-12+,33-17+,34-27+/t32-,35-,36-,37+,38-,39+,40-,41-,42+,43-,45+,46+,47-,50-,54-/m1/s1. The van der Waals surface area contributed by atoms with Gasteiger partial charge in [-0.1, -0.05) is 68.9 Å². The van der Waals surface area contributed by atoms with Crippen molar-refractivity contribution in [2.75, 3.05) is 27.9 Å². The van der Waals surface area contributed by atoms with Gasteiger partial charge in [0.05, 0.1) is 24.4 Å². The lowest BCUT2D eigenvalue weighted by Crippen LogP contribution is -2.61. The second-order valence-corrected chi connectivity index (χ2v) is 20.3. The van der Waals surface area contributed by atoms with Gasteiger partial charge in [-0.3, -0.25) is 24.0 Å². The Morgan fingerprint density at radius 3 is 2.33 bits per heavy atom. The van der Waals surface area contributed by atoms with Crippen molar-refractivity contribution in [3.8, 4) is 0 Å². The number of cyclic esters (lactones) is 1. The van der Waals surface area contributed by atoms with Crippen LogP contribution in [0, 0.1) is 35.5 Å². The SMILES string of the molecule is C=C[C@@H]1CC[C@H]2C[C@H](OC)/C(C)=C/C=C/C=C/[C@@H](C)C[C@@H](C)C(=O)[C@H](OC)[C@H](CCC(=O)O)/C(C)=C/[C@@H](C)C(=O)C[C@@H]([C@H](N)C[C@@H]3CC[C@@H](O)[C@H](OC)C3)OC(=O)[C@@H]3CCCCN3C(=O)C(=O)[C@]1(O)O2. The molecule has 3 aliphatic heterocycles. The summed E-state index contributed by atoms with van der Waals surface area (Å²) in [5, 5.41) is 32.3. The van der Waals surface area contributed by atoms with Gasteiger partial charge in [0.1, 0.15) is 24.0 Å². The molecule has 2 bridgehead atoms. The van der Waals surface area contributed by atoms with Gasteiger partial charge >= 0.3 is 11.9 Å². The number of fused-ring (bicyclic) bond motifs is 3. The summed E-state index contributed by atoms with van der Waals surface area (Å²) in [6.07, 6.45) is 12.3. The number of methoxy groups -OCH3 is 3. The quantitative estimate of drug-likeness (QED) is 0.109. The Bertz CT molecular complexity index is 1940. The van der Waals surface area contributed by atoms with Crippen LogP contribution in [-0.2, 0) is 52.5 Å². The van der Waals surface area contributed by atoms with Gasteiger partial charge in [-0.15, -0.1) is 6.58 Å². The van der Waals surface area contributed by atoms with E-state index in [0.29, 0.717) is 63.4 Å². The molecule has 1 aliphatic carbocycles. The van der Waals surface area contributed by atoms with Crippen molar-refractivity contribution in [3.63, 3.8) is 0 Å². The predicted octanol–water partition coefficient (Wildman–Crippen LogP) is 6.16. The molecule has 0 aromatic rings. The normalized spacial score (nSPS) is 38.2. The van der Waals surface area contributed by atoms with Crippen LogP contribution in [0.4, 0.5) is 0 Å². The van der Waals surface area contributed by atoms with E-state index in [-0.39, 0.29) is 62.1 Å². The number of nitrogens with two attached hydrogens (primary N) is 1. The molecule has 5 N–H and O–H groups in total. The summed E-state index contributed by atoms with van der Waals surface area (Å²) in [6.45, 7) is 13.0. The van der Waals surface area contributed by atoms with E-state index in [1.54, 1.807) is 27.0 Å². The zero-order valence-corrected chi connectivity index (χ0v) is 42.8. The number of carbonyl (C=O) groups is 6. The Morgan fingerprint density at radius 1 is 0.943 bits per heavy atom. The first-order valence-corrected chi connectivity index (χ1v) is 25.3. The summed E-state index contributed by atoms with van der Waals surface area (Å²) < 4.78 is 29.6. The third-order valence-electron chi connectivity index (χ3n) is 15.1. The smallest absolute Gasteiger partial charge is 0.329 e. The number of amides is 1. The van der Waals surface area contributed by atoms with Crippen LogP contribution in [0.5, 0.6) is 0 Å². The largest absolute Gasteiger partial charge is 0.481 e. The fourth-order valence-corrected chi connectivity index (χ4v) is 10.8. The Morgan fingerprint density at radius 2 is 1.67 bits per heavy atom. The molecule has 3 heterocycles. The summed E-state index contributed by atoms with van der Waals surface area (Å²) in [4.78, 5) is 84.6. The van der Waals surface area contributed by atoms with E-state index in [1.807, 2.05) is 51.2 Å². The second kappa shape index (κ2) is 27.6. The van der Waals surface area contributed by atoms with Gasteiger partial charge in [0.15, 0.2) is 5.78 Å². The number of esters is 1. The Kier molecular flexibility index (Phi) is 23.0. The number of aliphatic hydroxyl groups excluding tert-OH is 1. The minimum atomic E-state index is -2.57. The number of carboxylic acids is 1. The number of carbonyl (C=O) groups excluding carboxylic acids is 5. The highest BCUT2D eigenvalue weighted by atomic mass is 16.6. The molecule has 3 fully saturated rings. The number of piperidine rings is 1. The topological polar surface area (TPSA) is 239 Å². The monoisotopic (exact) mass is 983 g/mol. The van der Waals surface area contributed by atoms with Gasteiger partial charge in [-0.25, -0.2) is 4.79 Å². The number of allylic oxidation sites excluding steroid dienone is 6. The van der Waals surface area contributed by atoms with Crippen molar-refractivity contribution in [1.29, 1.82) is 0 Å². The third kappa shape index (κ3) is 15.7. The highest BCUT2D eigenvalue weighted by Crippen LogP contribution is 2.38. The maximum atomic E-state index is 14.5. The fraction of sp³-hybridized carbons (Fsp3) is 0.704. The molecule has 2 saturated heterocycles. The van der Waals surface area contributed by atoms with E-state index in [4.69, 9.17) is 29.4 Å². The van der Waals surface area contributed by atoms with Crippen molar-refractivity contribution in [2.45, 2.75) is 179 Å². The number of hydrogen-bond donors (Lipinski definition) is 4. The van der Waals surface area contributed by atoms with E-state index in [9.17, 15) is 44.1 Å². The van der Waals surface area contributed by atoms with E-state index < -0.39 is 102 Å². The molecule has 0 aromatic heterocycles. The van der Waals surface area contributed by atoms with Crippen LogP contribution >= 0.6 is 0 Å². The molecule has 392 valence electrons. The fourth-order valence-electron chi connectivity index (χ4n) is 10.8. The van der Waals surface area contributed by atoms with Gasteiger partial charge in [-0.05, 0) is 102 Å². The van der Waals surface area contributed by atoms with Gasteiger partial charge in [0.25, 0.3) is 11.7 Å². The zero-order valence-electron chi connectivity index (χ0n) is 42.8. The zero-order chi connectivity index (χ0) is 51.9. The Labute approximate surface area is 415 Å². The molecular weight excluding hydrogens is 901 g/mol. The minimum absolute atomic E-state index is 0.0165. The van der Waals surface area contributed by atoms with Crippen molar-refractivity contribution in [2.24, 2.45) is 41.2 Å². The van der Waals surface area contributed by atoms with Crippen LogP contribution in [0.3, 0.4) is 0 Å². The van der Waals surface area contributed by atoms with Crippen molar-refractivity contribution < 1.29 is 67.8 Å². The van der Waals surface area contributed by atoms with E-state index in [2.05, 4.69) is 6.58 Å². The molecule has 0 unspecified atom stereocenters.